The monoisotopic (exact) mass is 790 g/mol. The second kappa shape index (κ2) is 14.7. The highest BCUT2D eigenvalue weighted by Crippen LogP contribution is 2.38. The lowest BCUT2D eigenvalue weighted by Gasteiger charge is -2.15. The van der Waals surface area contributed by atoms with Crippen LogP contribution < -0.4 is 0 Å². The van der Waals surface area contributed by atoms with E-state index >= 15 is 0 Å². The molecule has 0 spiro atoms. The molecule has 0 unspecified atom stereocenters. The molecule has 4 heterocycles. The Labute approximate surface area is 359 Å². The molecule has 0 N–H and O–H groups in total. The van der Waals surface area contributed by atoms with E-state index in [9.17, 15) is 0 Å². The van der Waals surface area contributed by atoms with Crippen molar-refractivity contribution in [1.82, 2.24) is 19.1 Å². The van der Waals surface area contributed by atoms with Gasteiger partial charge in [-0.05, 0) is 101 Å². The maximum Gasteiger partial charge on any atom is 0.0893 e. The van der Waals surface area contributed by atoms with Gasteiger partial charge in [0.15, 0.2) is 0 Å². The van der Waals surface area contributed by atoms with Gasteiger partial charge in [-0.2, -0.15) is 0 Å². The van der Waals surface area contributed by atoms with Crippen molar-refractivity contribution in [2.45, 2.75) is 0 Å². The third-order valence-electron chi connectivity index (χ3n) is 12.2. The fourth-order valence-electron chi connectivity index (χ4n) is 9.26. The maximum absolute atomic E-state index is 5.21. The molecule has 0 aliphatic carbocycles. The Kier molecular flexibility index (Phi) is 8.46. The molecule has 8 aromatic carbocycles. The minimum absolute atomic E-state index is 0.831. The molecule has 62 heavy (non-hydrogen) atoms. The lowest BCUT2D eigenvalue weighted by Crippen LogP contribution is -1.95. The molecule has 4 nitrogen and oxygen atoms in total. The van der Waals surface area contributed by atoms with Crippen LogP contribution >= 0.6 is 0 Å². The van der Waals surface area contributed by atoms with Crippen LogP contribution in [-0.4, -0.2) is 19.1 Å². The molecule has 0 saturated carbocycles. The van der Waals surface area contributed by atoms with E-state index in [1.54, 1.807) is 0 Å². The van der Waals surface area contributed by atoms with Crippen LogP contribution in [0.5, 0.6) is 0 Å². The smallest absolute Gasteiger partial charge is 0.0893 e. The predicted molar refractivity (Wildman–Crippen MR) is 258 cm³/mol. The predicted octanol–water partition coefficient (Wildman–Crippen LogP) is 15.0. The van der Waals surface area contributed by atoms with Crippen LogP contribution in [0.2, 0.25) is 0 Å². The summed E-state index contributed by atoms with van der Waals surface area (Å²) in [6.45, 7) is 0. The summed E-state index contributed by atoms with van der Waals surface area (Å²) in [6.07, 6.45) is 0. The first kappa shape index (κ1) is 35.6. The number of fused-ring (bicyclic) bond motifs is 6. The van der Waals surface area contributed by atoms with Crippen molar-refractivity contribution in [1.29, 1.82) is 0 Å². The molecule has 4 aromatic heterocycles. The van der Waals surface area contributed by atoms with Gasteiger partial charge in [-0.25, -0.2) is 9.97 Å². The highest BCUT2D eigenvalue weighted by atomic mass is 15.0. The molecule has 0 fully saturated rings. The van der Waals surface area contributed by atoms with Gasteiger partial charge < -0.3 is 9.13 Å². The minimum Gasteiger partial charge on any atom is -0.309 e. The van der Waals surface area contributed by atoms with Gasteiger partial charge in [-0.3, -0.25) is 0 Å². The summed E-state index contributed by atoms with van der Waals surface area (Å²) in [5.41, 5.74) is 17.3. The lowest BCUT2D eigenvalue weighted by molar-refractivity contribution is 1.18. The summed E-state index contributed by atoms with van der Waals surface area (Å²) < 4.78 is 4.70. The van der Waals surface area contributed by atoms with Gasteiger partial charge in [0.2, 0.25) is 0 Å². The van der Waals surface area contributed by atoms with Gasteiger partial charge in [0.25, 0.3) is 0 Å². The van der Waals surface area contributed by atoms with E-state index in [1.165, 1.54) is 49.2 Å². The van der Waals surface area contributed by atoms with E-state index in [2.05, 4.69) is 228 Å². The van der Waals surface area contributed by atoms with Crippen molar-refractivity contribution in [2.75, 3.05) is 0 Å². The summed E-state index contributed by atoms with van der Waals surface area (Å²) >= 11 is 0. The Hall–Kier alpha value is -8.34. The molecular weight excluding hydrogens is 753 g/mol. The van der Waals surface area contributed by atoms with E-state index < -0.39 is 0 Å². The molecule has 0 saturated heterocycles. The first-order chi connectivity index (χ1) is 30.7. The largest absolute Gasteiger partial charge is 0.309 e. The van der Waals surface area contributed by atoms with Crippen LogP contribution in [0.15, 0.2) is 231 Å². The quantitative estimate of drug-likeness (QED) is 0.161. The number of hydrogen-bond acceptors (Lipinski definition) is 2. The molecule has 12 aromatic rings. The third-order valence-corrected chi connectivity index (χ3v) is 12.2. The van der Waals surface area contributed by atoms with Crippen molar-refractivity contribution in [3.63, 3.8) is 0 Å². The molecule has 0 atom stereocenters. The topological polar surface area (TPSA) is 35.6 Å². The van der Waals surface area contributed by atoms with Gasteiger partial charge in [-0.1, -0.05) is 152 Å². The van der Waals surface area contributed by atoms with Crippen LogP contribution in [-0.2, 0) is 0 Å². The van der Waals surface area contributed by atoms with Gasteiger partial charge in [-0.15, -0.1) is 0 Å². The van der Waals surface area contributed by atoms with Crippen molar-refractivity contribution < 1.29 is 0 Å². The van der Waals surface area contributed by atoms with Crippen molar-refractivity contribution in [3.8, 4) is 67.5 Å². The number of hydrogen-bond donors (Lipinski definition) is 0. The van der Waals surface area contributed by atoms with Crippen molar-refractivity contribution >= 4 is 43.6 Å². The Morgan fingerprint density at radius 3 is 1.10 bits per heavy atom. The second-order valence-corrected chi connectivity index (χ2v) is 15.8. The highest BCUT2D eigenvalue weighted by Gasteiger charge is 2.16. The third kappa shape index (κ3) is 6.00. The normalized spacial score (nSPS) is 11.5. The molecule has 0 aliphatic heterocycles. The first-order valence-corrected chi connectivity index (χ1v) is 21.1. The lowest BCUT2D eigenvalue weighted by atomic mass is 9.92. The average Bonchev–Trinajstić information content (AvgIpc) is 3.87. The molecular formula is C58H38N4. The van der Waals surface area contributed by atoms with Crippen LogP contribution in [0.3, 0.4) is 0 Å². The Morgan fingerprint density at radius 2 is 0.613 bits per heavy atom. The molecule has 0 bridgehead atoms. The fourth-order valence-corrected chi connectivity index (χ4v) is 9.26. The molecule has 0 aliphatic rings. The van der Waals surface area contributed by atoms with Crippen LogP contribution in [0.25, 0.3) is 111 Å². The summed E-state index contributed by atoms with van der Waals surface area (Å²) in [5.74, 6) is 0. The zero-order valence-corrected chi connectivity index (χ0v) is 33.7. The number of aromatic nitrogens is 4. The Morgan fingerprint density at radius 1 is 0.242 bits per heavy atom. The molecule has 0 amide bonds. The van der Waals surface area contributed by atoms with Crippen LogP contribution in [0, 0.1) is 0 Å². The van der Waals surface area contributed by atoms with Crippen LogP contribution in [0.4, 0.5) is 0 Å². The van der Waals surface area contributed by atoms with Crippen LogP contribution in [0.1, 0.15) is 0 Å². The minimum atomic E-state index is 0.831. The van der Waals surface area contributed by atoms with E-state index in [4.69, 9.17) is 9.97 Å². The maximum atomic E-state index is 5.21. The van der Waals surface area contributed by atoms with Gasteiger partial charge in [0, 0.05) is 44.0 Å². The number of benzene rings is 8. The molecule has 290 valence electrons. The van der Waals surface area contributed by atoms with E-state index in [0.29, 0.717) is 0 Å². The highest BCUT2D eigenvalue weighted by molar-refractivity contribution is 6.10. The fraction of sp³-hybridized carbons (Fsp3) is 0. The number of rotatable bonds is 7. The first-order valence-electron chi connectivity index (χ1n) is 21.1. The molecule has 0 radical (unpaired) electrons. The summed E-state index contributed by atoms with van der Waals surface area (Å²) in [6, 6.07) is 82.0. The second-order valence-electron chi connectivity index (χ2n) is 15.8. The Balaban J connectivity index is 0.871. The van der Waals surface area contributed by atoms with Gasteiger partial charge >= 0.3 is 0 Å². The Bertz CT molecular complexity index is 3510. The number of pyridine rings is 2. The molecule has 12 rings (SSSR count). The van der Waals surface area contributed by atoms with Crippen molar-refractivity contribution in [3.05, 3.63) is 231 Å². The van der Waals surface area contributed by atoms with E-state index in [0.717, 1.165) is 62.0 Å². The zero-order valence-electron chi connectivity index (χ0n) is 33.7. The SMILES string of the molecule is c1ccc(-c2cc(-c3cccc(-c4cccc(-c5ccc(-n6c7ccccc7c7ccccc76)cc5)n4)n3)ccc2-c2ccc(-n3c4ccccc4c4ccccc43)cc2)cc1. The number of nitrogens with zero attached hydrogens (tertiary/aromatic N) is 4. The molecule has 4 heteroatoms. The average molecular weight is 791 g/mol. The van der Waals surface area contributed by atoms with Gasteiger partial charge in [0.05, 0.1) is 44.8 Å². The zero-order chi connectivity index (χ0) is 41.0. The number of para-hydroxylation sites is 4. The standard InChI is InChI=1S/C58H38N4/c1-2-14-39(15-3-1)50-38-42(32-37-45(50)40-28-33-43(34-29-40)61-55-24-8-4-16-46(55)47-17-5-9-25-56(47)61)52-21-13-23-54(60-52)53-22-12-20-51(59-53)41-30-35-44(36-31-41)62-57-26-10-6-18-48(57)49-19-7-11-27-58(49)62/h1-38H. The summed E-state index contributed by atoms with van der Waals surface area (Å²) in [5, 5.41) is 5.03. The summed E-state index contributed by atoms with van der Waals surface area (Å²) in [7, 11) is 0. The van der Waals surface area contributed by atoms with Gasteiger partial charge in [0.1, 0.15) is 0 Å². The van der Waals surface area contributed by atoms with E-state index in [-0.39, 0.29) is 0 Å². The van der Waals surface area contributed by atoms with Crippen molar-refractivity contribution in [2.24, 2.45) is 0 Å². The summed E-state index contributed by atoms with van der Waals surface area (Å²) in [4.78, 5) is 10.4. The van der Waals surface area contributed by atoms with E-state index in [1.807, 2.05) is 12.1 Å².